The molecule has 0 bridgehead atoms. The summed E-state index contributed by atoms with van der Waals surface area (Å²) < 4.78 is 10.9. The topological polar surface area (TPSA) is 61.6 Å². The Labute approximate surface area is 110 Å². The first kappa shape index (κ1) is 13.0. The van der Waals surface area contributed by atoms with Gasteiger partial charge in [-0.15, -0.1) is 0 Å². The summed E-state index contributed by atoms with van der Waals surface area (Å²) in [6, 6.07) is 15.3. The highest BCUT2D eigenvalue weighted by molar-refractivity contribution is 5.36. The van der Waals surface area contributed by atoms with Crippen LogP contribution in [0.5, 0.6) is 5.75 Å². The molecule has 0 aliphatic rings. The molecule has 1 atom stereocenters. The van der Waals surface area contributed by atoms with Gasteiger partial charge in [-0.1, -0.05) is 30.3 Å². The molecule has 98 valence electrons. The molecule has 0 fully saturated rings. The highest BCUT2D eigenvalue weighted by Gasteiger charge is 2.12. The van der Waals surface area contributed by atoms with Crippen LogP contribution in [0, 0.1) is 10.1 Å². The van der Waals surface area contributed by atoms with E-state index in [0.717, 1.165) is 5.56 Å². The molecule has 0 aliphatic heterocycles. The maximum absolute atomic E-state index is 10.6. The van der Waals surface area contributed by atoms with Crippen molar-refractivity contribution in [3.63, 3.8) is 0 Å². The van der Waals surface area contributed by atoms with Crippen molar-refractivity contribution in [2.45, 2.75) is 6.29 Å². The van der Waals surface area contributed by atoms with Crippen molar-refractivity contribution in [3.8, 4) is 5.75 Å². The molecular formula is C14H13NO4. The molecule has 1 unspecified atom stereocenters. The SMILES string of the molecule is COC(Oc1ccc([N+](=O)[O-])cc1)c1ccccc1. The molecule has 0 heterocycles. The third-order valence-electron chi connectivity index (χ3n) is 2.58. The van der Waals surface area contributed by atoms with Crippen LogP contribution < -0.4 is 4.74 Å². The fourth-order valence-electron chi connectivity index (χ4n) is 1.63. The van der Waals surface area contributed by atoms with Gasteiger partial charge in [0, 0.05) is 24.8 Å². The third kappa shape index (κ3) is 3.29. The van der Waals surface area contributed by atoms with Crippen LogP contribution in [0.1, 0.15) is 11.9 Å². The summed E-state index contributed by atoms with van der Waals surface area (Å²) in [5.74, 6) is 0.515. The van der Waals surface area contributed by atoms with Gasteiger partial charge < -0.3 is 9.47 Å². The summed E-state index contributed by atoms with van der Waals surface area (Å²) in [6.45, 7) is 0. The van der Waals surface area contributed by atoms with Crippen molar-refractivity contribution < 1.29 is 14.4 Å². The number of non-ortho nitro benzene ring substituents is 1. The number of rotatable bonds is 5. The summed E-state index contributed by atoms with van der Waals surface area (Å²) in [4.78, 5) is 10.1. The fraction of sp³-hybridized carbons (Fsp3) is 0.143. The fourth-order valence-corrected chi connectivity index (χ4v) is 1.63. The zero-order valence-electron chi connectivity index (χ0n) is 10.4. The average molecular weight is 259 g/mol. The Morgan fingerprint density at radius 1 is 1.05 bits per heavy atom. The minimum absolute atomic E-state index is 0.0287. The van der Waals surface area contributed by atoms with Crippen LogP contribution in [0.15, 0.2) is 54.6 Å². The summed E-state index contributed by atoms with van der Waals surface area (Å²) in [5.41, 5.74) is 0.907. The highest BCUT2D eigenvalue weighted by Crippen LogP contribution is 2.24. The molecule has 0 N–H and O–H groups in total. The molecule has 2 aromatic carbocycles. The van der Waals surface area contributed by atoms with E-state index in [9.17, 15) is 10.1 Å². The molecule has 19 heavy (non-hydrogen) atoms. The van der Waals surface area contributed by atoms with Gasteiger partial charge in [0.05, 0.1) is 4.92 Å². The lowest BCUT2D eigenvalue weighted by atomic mass is 10.2. The standard InChI is InChI=1S/C14H13NO4/c1-18-14(11-5-3-2-4-6-11)19-13-9-7-12(8-10-13)15(16)17/h2-10,14H,1H3. The van der Waals surface area contributed by atoms with Crippen LogP contribution in [0.2, 0.25) is 0 Å². The van der Waals surface area contributed by atoms with Gasteiger partial charge in [0.15, 0.2) is 0 Å². The Kier molecular flexibility index (Phi) is 4.10. The van der Waals surface area contributed by atoms with Crippen molar-refractivity contribution in [1.82, 2.24) is 0 Å². The number of hydrogen-bond acceptors (Lipinski definition) is 4. The molecule has 5 nitrogen and oxygen atoms in total. The molecule has 0 spiro atoms. The van der Waals surface area contributed by atoms with E-state index in [0.29, 0.717) is 5.75 Å². The maximum atomic E-state index is 10.6. The maximum Gasteiger partial charge on any atom is 0.269 e. The second kappa shape index (κ2) is 5.97. The second-order valence-corrected chi connectivity index (χ2v) is 3.85. The van der Waals surface area contributed by atoms with E-state index in [1.54, 1.807) is 19.2 Å². The zero-order chi connectivity index (χ0) is 13.7. The van der Waals surface area contributed by atoms with Crippen LogP contribution in [0.4, 0.5) is 5.69 Å². The molecule has 0 saturated heterocycles. The molecule has 0 aliphatic carbocycles. The third-order valence-corrected chi connectivity index (χ3v) is 2.58. The van der Waals surface area contributed by atoms with Crippen LogP contribution in [0.3, 0.4) is 0 Å². The first-order valence-corrected chi connectivity index (χ1v) is 5.69. The Bertz CT molecular complexity index is 539. The summed E-state index contributed by atoms with van der Waals surface area (Å²) in [6.07, 6.45) is -0.539. The highest BCUT2D eigenvalue weighted by atomic mass is 16.7. The van der Waals surface area contributed by atoms with E-state index < -0.39 is 11.2 Å². The predicted octanol–water partition coefficient (Wildman–Crippen LogP) is 3.32. The Balaban J connectivity index is 2.12. The van der Waals surface area contributed by atoms with E-state index in [1.807, 2.05) is 30.3 Å². The number of nitro groups is 1. The van der Waals surface area contributed by atoms with Gasteiger partial charge in [0.25, 0.3) is 5.69 Å². The Morgan fingerprint density at radius 3 is 2.21 bits per heavy atom. The molecule has 0 radical (unpaired) electrons. The van der Waals surface area contributed by atoms with Gasteiger partial charge in [0.2, 0.25) is 6.29 Å². The predicted molar refractivity (Wildman–Crippen MR) is 69.9 cm³/mol. The quantitative estimate of drug-likeness (QED) is 0.469. The molecule has 0 saturated carbocycles. The number of nitro benzene ring substituents is 1. The average Bonchev–Trinajstić information content (AvgIpc) is 2.46. The molecule has 2 rings (SSSR count). The number of methoxy groups -OCH3 is 1. The molecule has 2 aromatic rings. The largest absolute Gasteiger partial charge is 0.461 e. The lowest BCUT2D eigenvalue weighted by molar-refractivity contribution is -0.384. The minimum Gasteiger partial charge on any atom is -0.461 e. The van der Waals surface area contributed by atoms with Crippen LogP contribution >= 0.6 is 0 Å². The monoisotopic (exact) mass is 259 g/mol. The van der Waals surface area contributed by atoms with E-state index in [2.05, 4.69) is 0 Å². The number of nitrogens with zero attached hydrogens (tertiary/aromatic N) is 1. The summed E-state index contributed by atoms with van der Waals surface area (Å²) in [5, 5.41) is 10.6. The first-order valence-electron chi connectivity index (χ1n) is 5.69. The molecular weight excluding hydrogens is 246 g/mol. The lowest BCUT2D eigenvalue weighted by Crippen LogP contribution is -2.09. The van der Waals surface area contributed by atoms with Crippen molar-refractivity contribution in [1.29, 1.82) is 0 Å². The summed E-state index contributed by atoms with van der Waals surface area (Å²) in [7, 11) is 1.54. The van der Waals surface area contributed by atoms with E-state index in [-0.39, 0.29) is 5.69 Å². The number of ether oxygens (including phenoxy) is 2. The lowest BCUT2D eigenvalue weighted by Gasteiger charge is -2.17. The van der Waals surface area contributed by atoms with Gasteiger partial charge in [0.1, 0.15) is 5.75 Å². The van der Waals surface area contributed by atoms with E-state index >= 15 is 0 Å². The smallest absolute Gasteiger partial charge is 0.269 e. The van der Waals surface area contributed by atoms with Gasteiger partial charge in [-0.2, -0.15) is 0 Å². The van der Waals surface area contributed by atoms with Crippen molar-refractivity contribution in [3.05, 3.63) is 70.3 Å². The number of benzene rings is 2. The van der Waals surface area contributed by atoms with Gasteiger partial charge in [-0.3, -0.25) is 10.1 Å². The minimum atomic E-state index is -0.539. The van der Waals surface area contributed by atoms with Crippen LogP contribution in [0.25, 0.3) is 0 Å². The van der Waals surface area contributed by atoms with Crippen LogP contribution in [-0.4, -0.2) is 12.0 Å². The van der Waals surface area contributed by atoms with Gasteiger partial charge in [-0.05, 0) is 12.1 Å². The second-order valence-electron chi connectivity index (χ2n) is 3.85. The van der Waals surface area contributed by atoms with Crippen molar-refractivity contribution >= 4 is 5.69 Å². The first-order chi connectivity index (χ1) is 9.20. The molecule has 5 heteroatoms. The van der Waals surface area contributed by atoms with E-state index in [1.165, 1.54) is 12.1 Å². The van der Waals surface area contributed by atoms with Crippen molar-refractivity contribution in [2.75, 3.05) is 7.11 Å². The van der Waals surface area contributed by atoms with Gasteiger partial charge in [-0.25, -0.2) is 0 Å². The molecule has 0 aromatic heterocycles. The number of hydrogen-bond donors (Lipinski definition) is 0. The Hall–Kier alpha value is -2.40. The van der Waals surface area contributed by atoms with Crippen LogP contribution in [-0.2, 0) is 4.74 Å². The normalized spacial score (nSPS) is 11.8. The zero-order valence-corrected chi connectivity index (χ0v) is 10.4. The Morgan fingerprint density at radius 2 is 1.68 bits per heavy atom. The van der Waals surface area contributed by atoms with Gasteiger partial charge >= 0.3 is 0 Å². The van der Waals surface area contributed by atoms with Crippen molar-refractivity contribution in [2.24, 2.45) is 0 Å². The summed E-state index contributed by atoms with van der Waals surface area (Å²) >= 11 is 0. The molecule has 0 amide bonds. The van der Waals surface area contributed by atoms with E-state index in [4.69, 9.17) is 9.47 Å².